The Morgan fingerprint density at radius 3 is 2.74 bits per heavy atom. The summed E-state index contributed by atoms with van der Waals surface area (Å²) in [5, 5.41) is 1.95. The van der Waals surface area contributed by atoms with Crippen molar-refractivity contribution >= 4 is 22.4 Å². The first-order chi connectivity index (χ1) is 11.1. The highest BCUT2D eigenvalue weighted by Crippen LogP contribution is 2.32. The number of hydrogen-bond donors (Lipinski definition) is 1. The van der Waals surface area contributed by atoms with Crippen LogP contribution in [0.1, 0.15) is 32.6 Å². The Labute approximate surface area is 141 Å². The molecule has 0 saturated heterocycles. The van der Waals surface area contributed by atoms with Crippen molar-refractivity contribution in [2.24, 2.45) is 0 Å². The Kier molecular flexibility index (Phi) is 4.93. The average Bonchev–Trinajstić information content (AvgIpc) is 2.56. The molecule has 5 heteroatoms. The van der Waals surface area contributed by atoms with E-state index in [0.717, 1.165) is 37.6 Å². The van der Waals surface area contributed by atoms with Crippen molar-refractivity contribution in [3.63, 3.8) is 0 Å². The van der Waals surface area contributed by atoms with Crippen molar-refractivity contribution in [3.05, 3.63) is 39.8 Å². The van der Waals surface area contributed by atoms with Crippen molar-refractivity contribution in [2.45, 2.75) is 44.8 Å². The fourth-order valence-corrected chi connectivity index (χ4v) is 3.53. The summed E-state index contributed by atoms with van der Waals surface area (Å²) in [6.07, 6.45) is 6.24. The van der Waals surface area contributed by atoms with Crippen LogP contribution in [0.2, 0.25) is 5.02 Å². The van der Waals surface area contributed by atoms with Crippen LogP contribution in [0.15, 0.2) is 29.2 Å². The maximum absolute atomic E-state index is 11.8. The van der Waals surface area contributed by atoms with E-state index in [4.69, 9.17) is 16.3 Å². The standard InChI is InChI=1S/C18H23ClN2O2/c1-3-21(2)13-4-6-14(7-5-13)23-17-10-12-8-9-20-18(22)15(12)11-16(17)19/h8-11,13-14H,3-7H2,1-2H3,(H,20,22). The molecule has 2 aromatic rings. The lowest BCUT2D eigenvalue weighted by molar-refractivity contribution is 0.103. The van der Waals surface area contributed by atoms with E-state index in [1.807, 2.05) is 12.1 Å². The van der Waals surface area contributed by atoms with Crippen molar-refractivity contribution in [1.82, 2.24) is 9.88 Å². The van der Waals surface area contributed by atoms with Crippen LogP contribution in [-0.4, -0.2) is 35.6 Å². The zero-order valence-corrected chi connectivity index (χ0v) is 14.4. The third-order valence-corrected chi connectivity index (χ3v) is 5.18. The molecule has 1 saturated carbocycles. The highest BCUT2D eigenvalue weighted by molar-refractivity contribution is 6.32. The van der Waals surface area contributed by atoms with Crippen LogP contribution < -0.4 is 10.3 Å². The van der Waals surface area contributed by atoms with Crippen LogP contribution in [0.4, 0.5) is 0 Å². The molecule has 1 aromatic heterocycles. The molecule has 23 heavy (non-hydrogen) atoms. The quantitative estimate of drug-likeness (QED) is 0.924. The molecule has 0 bridgehead atoms. The number of fused-ring (bicyclic) bond motifs is 1. The third-order valence-electron chi connectivity index (χ3n) is 4.89. The van der Waals surface area contributed by atoms with Crippen molar-refractivity contribution in [1.29, 1.82) is 0 Å². The number of aromatic nitrogens is 1. The zero-order chi connectivity index (χ0) is 16.4. The van der Waals surface area contributed by atoms with Gasteiger partial charge in [0.25, 0.3) is 5.56 Å². The predicted molar refractivity (Wildman–Crippen MR) is 94.6 cm³/mol. The second kappa shape index (κ2) is 6.93. The Bertz CT molecular complexity index is 735. The normalized spacial score (nSPS) is 21.7. The van der Waals surface area contributed by atoms with Crippen LogP contribution in [0.3, 0.4) is 0 Å². The molecule has 1 fully saturated rings. The maximum Gasteiger partial charge on any atom is 0.255 e. The molecule has 4 nitrogen and oxygen atoms in total. The lowest BCUT2D eigenvalue weighted by Crippen LogP contribution is -2.37. The maximum atomic E-state index is 11.8. The molecule has 0 unspecified atom stereocenters. The van der Waals surface area contributed by atoms with Crippen molar-refractivity contribution < 1.29 is 4.74 Å². The van der Waals surface area contributed by atoms with E-state index < -0.39 is 0 Å². The van der Waals surface area contributed by atoms with E-state index in [1.54, 1.807) is 12.3 Å². The van der Waals surface area contributed by atoms with Gasteiger partial charge >= 0.3 is 0 Å². The molecule has 0 atom stereocenters. The molecule has 0 radical (unpaired) electrons. The van der Waals surface area contributed by atoms with Gasteiger partial charge in [0.1, 0.15) is 5.75 Å². The van der Waals surface area contributed by atoms with Gasteiger partial charge < -0.3 is 14.6 Å². The van der Waals surface area contributed by atoms with Crippen LogP contribution in [0.25, 0.3) is 10.8 Å². The second-order valence-corrected chi connectivity index (χ2v) is 6.71. The first kappa shape index (κ1) is 16.3. The fraction of sp³-hybridized carbons (Fsp3) is 0.500. The van der Waals surface area contributed by atoms with Gasteiger partial charge in [-0.3, -0.25) is 4.79 Å². The Hall–Kier alpha value is -1.52. The number of nitrogens with one attached hydrogen (secondary N) is 1. The first-order valence-electron chi connectivity index (χ1n) is 8.26. The number of ether oxygens (including phenoxy) is 1. The van der Waals surface area contributed by atoms with Crippen molar-refractivity contribution in [3.8, 4) is 5.75 Å². The molecule has 1 aliphatic rings. The number of H-pyrrole nitrogens is 1. The molecule has 1 heterocycles. The third kappa shape index (κ3) is 3.54. The summed E-state index contributed by atoms with van der Waals surface area (Å²) in [5.41, 5.74) is -0.126. The molecule has 1 aromatic carbocycles. The van der Waals surface area contributed by atoms with Crippen LogP contribution in [0, 0.1) is 0 Å². The van der Waals surface area contributed by atoms with Gasteiger partial charge in [0.15, 0.2) is 0 Å². The van der Waals surface area contributed by atoms with Crippen LogP contribution in [0.5, 0.6) is 5.75 Å². The fourth-order valence-electron chi connectivity index (χ4n) is 3.32. The molecular formula is C18H23ClN2O2. The molecule has 124 valence electrons. The molecule has 3 rings (SSSR count). The van der Waals surface area contributed by atoms with Gasteiger partial charge in [-0.05, 0) is 62.9 Å². The lowest BCUT2D eigenvalue weighted by Gasteiger charge is -2.34. The lowest BCUT2D eigenvalue weighted by atomic mass is 9.92. The van der Waals surface area contributed by atoms with E-state index in [1.165, 1.54) is 0 Å². The molecule has 0 amide bonds. The Morgan fingerprint density at radius 1 is 1.30 bits per heavy atom. The minimum Gasteiger partial charge on any atom is -0.489 e. The Balaban J connectivity index is 1.73. The summed E-state index contributed by atoms with van der Waals surface area (Å²) in [6.45, 7) is 3.28. The number of aromatic amines is 1. The summed E-state index contributed by atoms with van der Waals surface area (Å²) in [5.74, 6) is 0.678. The average molecular weight is 335 g/mol. The monoisotopic (exact) mass is 334 g/mol. The molecule has 1 aliphatic carbocycles. The molecule has 0 aliphatic heterocycles. The minimum absolute atomic E-state index is 0.126. The van der Waals surface area contributed by atoms with Gasteiger partial charge in [-0.25, -0.2) is 0 Å². The molecular weight excluding hydrogens is 312 g/mol. The minimum atomic E-state index is -0.126. The number of benzene rings is 1. The summed E-state index contributed by atoms with van der Waals surface area (Å²) < 4.78 is 6.13. The molecule has 0 spiro atoms. The van der Waals surface area contributed by atoms with Gasteiger partial charge in [-0.1, -0.05) is 18.5 Å². The van der Waals surface area contributed by atoms with Gasteiger partial charge in [0, 0.05) is 17.6 Å². The number of rotatable bonds is 4. The summed E-state index contributed by atoms with van der Waals surface area (Å²) in [6, 6.07) is 6.09. The van der Waals surface area contributed by atoms with Gasteiger partial charge in [-0.2, -0.15) is 0 Å². The zero-order valence-electron chi connectivity index (χ0n) is 13.6. The summed E-state index contributed by atoms with van der Waals surface area (Å²) in [7, 11) is 2.18. The number of hydrogen-bond acceptors (Lipinski definition) is 3. The molecule has 1 N–H and O–H groups in total. The van der Waals surface area contributed by atoms with Gasteiger partial charge in [0.05, 0.1) is 11.1 Å². The van der Waals surface area contributed by atoms with E-state index in [0.29, 0.717) is 22.2 Å². The second-order valence-electron chi connectivity index (χ2n) is 6.30. The predicted octanol–water partition coefficient (Wildman–Crippen LogP) is 3.82. The van der Waals surface area contributed by atoms with Gasteiger partial charge in [-0.15, -0.1) is 0 Å². The smallest absolute Gasteiger partial charge is 0.255 e. The van der Waals surface area contributed by atoms with E-state index in [2.05, 4.69) is 23.9 Å². The highest BCUT2D eigenvalue weighted by atomic mass is 35.5. The topological polar surface area (TPSA) is 45.3 Å². The Morgan fingerprint density at radius 2 is 2.04 bits per heavy atom. The van der Waals surface area contributed by atoms with E-state index >= 15 is 0 Å². The number of halogens is 1. The number of pyridine rings is 1. The summed E-state index contributed by atoms with van der Waals surface area (Å²) in [4.78, 5) is 16.9. The SMILES string of the molecule is CCN(C)C1CCC(Oc2cc3cc[nH]c(=O)c3cc2Cl)CC1. The van der Waals surface area contributed by atoms with E-state index in [9.17, 15) is 4.79 Å². The number of nitrogens with zero attached hydrogens (tertiary/aromatic N) is 1. The van der Waals surface area contributed by atoms with Gasteiger partial charge in [0.2, 0.25) is 0 Å². The summed E-state index contributed by atoms with van der Waals surface area (Å²) >= 11 is 6.31. The van der Waals surface area contributed by atoms with Crippen LogP contribution >= 0.6 is 11.6 Å². The highest BCUT2D eigenvalue weighted by Gasteiger charge is 2.25. The first-order valence-corrected chi connectivity index (χ1v) is 8.64. The van der Waals surface area contributed by atoms with E-state index in [-0.39, 0.29) is 11.7 Å². The van der Waals surface area contributed by atoms with Crippen molar-refractivity contribution in [2.75, 3.05) is 13.6 Å². The largest absolute Gasteiger partial charge is 0.489 e. The van der Waals surface area contributed by atoms with Crippen LogP contribution in [-0.2, 0) is 0 Å².